The molecule has 3 rings (SSSR count). The number of likely N-dealkylation sites (tertiary alicyclic amines) is 1. The number of rotatable bonds is 9. The molecule has 1 heterocycles. The molecule has 2 aromatic carbocycles. The summed E-state index contributed by atoms with van der Waals surface area (Å²) >= 11 is 0. The maximum Gasteiger partial charge on any atom is 0.133 e. The van der Waals surface area contributed by atoms with Crippen LogP contribution in [0, 0.1) is 17.6 Å². The lowest BCUT2D eigenvalue weighted by molar-refractivity contribution is 0.0917. The van der Waals surface area contributed by atoms with E-state index in [-0.39, 0.29) is 0 Å². The first-order chi connectivity index (χ1) is 14.8. The van der Waals surface area contributed by atoms with Gasteiger partial charge in [0.2, 0.25) is 0 Å². The lowest BCUT2D eigenvalue weighted by Crippen LogP contribution is -2.49. The molecule has 0 saturated carbocycles. The number of hydrogen-bond donors (Lipinski definition) is 0. The highest BCUT2D eigenvalue weighted by atomic mass is 19.1. The number of allylic oxidation sites excluding steroid dienone is 1. The molecular formula is C28H37F2N. The molecule has 1 aliphatic heterocycles. The molecule has 2 unspecified atom stereocenters. The van der Waals surface area contributed by atoms with Crippen LogP contribution in [0.25, 0.3) is 11.1 Å². The van der Waals surface area contributed by atoms with E-state index in [1.165, 1.54) is 42.5 Å². The van der Waals surface area contributed by atoms with Gasteiger partial charge in [0.05, 0.1) is 0 Å². The van der Waals surface area contributed by atoms with Crippen LogP contribution in [0.15, 0.2) is 67.8 Å². The van der Waals surface area contributed by atoms with Gasteiger partial charge >= 0.3 is 0 Å². The Morgan fingerprint density at radius 1 is 1.00 bits per heavy atom. The Morgan fingerprint density at radius 3 is 2.23 bits per heavy atom. The topological polar surface area (TPSA) is 3.24 Å². The van der Waals surface area contributed by atoms with Gasteiger partial charge in [0.1, 0.15) is 11.6 Å². The van der Waals surface area contributed by atoms with Crippen LogP contribution in [0.3, 0.4) is 0 Å². The monoisotopic (exact) mass is 425 g/mol. The predicted octanol–water partition coefficient (Wildman–Crippen LogP) is 7.99. The first kappa shape index (κ1) is 25.0. The maximum absolute atomic E-state index is 14.0. The Hall–Kier alpha value is -2.26. The molecule has 31 heavy (non-hydrogen) atoms. The lowest BCUT2D eigenvalue weighted by Gasteiger charge is -2.44. The van der Waals surface area contributed by atoms with Crippen molar-refractivity contribution in [2.45, 2.75) is 58.4 Å². The van der Waals surface area contributed by atoms with Crippen molar-refractivity contribution in [3.8, 4) is 11.1 Å². The molecule has 1 fully saturated rings. The number of benzene rings is 2. The van der Waals surface area contributed by atoms with Crippen LogP contribution in [0.5, 0.6) is 0 Å². The second-order valence-corrected chi connectivity index (χ2v) is 8.92. The van der Waals surface area contributed by atoms with Crippen molar-refractivity contribution in [1.82, 2.24) is 4.90 Å². The van der Waals surface area contributed by atoms with E-state index in [4.69, 9.17) is 0 Å². The minimum Gasteiger partial charge on any atom is -0.299 e. The highest BCUT2D eigenvalue weighted by Gasteiger charge is 2.31. The van der Waals surface area contributed by atoms with Crippen molar-refractivity contribution in [1.29, 1.82) is 0 Å². The Balaban J connectivity index is 0.00000166. The molecule has 0 radical (unpaired) electrons. The third kappa shape index (κ3) is 7.14. The summed E-state index contributed by atoms with van der Waals surface area (Å²) in [5.41, 5.74) is 3.82. The summed E-state index contributed by atoms with van der Waals surface area (Å²) in [5, 5.41) is 0. The SMILES string of the molecule is C=C.C=C(C)CCC(C)CCC(C)N1CC(c2ccc(-c3ccc(F)cc3F)cc2)C1. The molecule has 1 nitrogen and oxygen atoms in total. The average molecular weight is 426 g/mol. The summed E-state index contributed by atoms with van der Waals surface area (Å²) in [6, 6.07) is 12.4. The molecule has 1 aliphatic rings. The fourth-order valence-electron chi connectivity index (χ4n) is 4.09. The fraction of sp³-hybridized carbons (Fsp3) is 0.429. The van der Waals surface area contributed by atoms with E-state index >= 15 is 0 Å². The van der Waals surface area contributed by atoms with Crippen molar-refractivity contribution in [3.63, 3.8) is 0 Å². The largest absolute Gasteiger partial charge is 0.299 e. The van der Waals surface area contributed by atoms with Gasteiger partial charge in [-0.1, -0.05) is 36.8 Å². The van der Waals surface area contributed by atoms with Gasteiger partial charge < -0.3 is 0 Å². The van der Waals surface area contributed by atoms with E-state index in [1.807, 2.05) is 12.1 Å². The molecule has 0 aliphatic carbocycles. The third-order valence-corrected chi connectivity index (χ3v) is 6.30. The standard InChI is InChI=1S/C26H33F2N.C2H4/c1-18(2)5-6-19(3)7-8-20(4)29-16-23(17-29)21-9-11-22(12-10-21)25-14-13-24(27)15-26(25)28;1-2/h9-15,19-20,23H,1,5-8,16-17H2,2-4H3;1-2H2. The Morgan fingerprint density at radius 2 is 1.65 bits per heavy atom. The number of nitrogens with zero attached hydrogens (tertiary/aromatic N) is 1. The summed E-state index contributed by atoms with van der Waals surface area (Å²) in [6.07, 6.45) is 4.89. The summed E-state index contributed by atoms with van der Waals surface area (Å²) in [7, 11) is 0. The zero-order valence-electron chi connectivity index (χ0n) is 19.3. The van der Waals surface area contributed by atoms with Crippen LogP contribution in [0.2, 0.25) is 0 Å². The van der Waals surface area contributed by atoms with E-state index in [0.29, 0.717) is 17.5 Å². The van der Waals surface area contributed by atoms with E-state index in [0.717, 1.165) is 37.1 Å². The van der Waals surface area contributed by atoms with Gasteiger partial charge in [-0.15, -0.1) is 19.7 Å². The molecule has 0 aromatic heterocycles. The third-order valence-electron chi connectivity index (χ3n) is 6.30. The first-order valence-corrected chi connectivity index (χ1v) is 11.3. The quantitative estimate of drug-likeness (QED) is 0.368. The summed E-state index contributed by atoms with van der Waals surface area (Å²) in [4.78, 5) is 2.56. The highest BCUT2D eigenvalue weighted by molar-refractivity contribution is 5.64. The van der Waals surface area contributed by atoms with E-state index in [2.05, 4.69) is 57.5 Å². The molecule has 0 bridgehead atoms. The van der Waals surface area contributed by atoms with Crippen LogP contribution < -0.4 is 0 Å². The van der Waals surface area contributed by atoms with Crippen LogP contribution >= 0.6 is 0 Å². The molecule has 0 N–H and O–H groups in total. The molecular weight excluding hydrogens is 388 g/mol. The molecule has 1 saturated heterocycles. The highest BCUT2D eigenvalue weighted by Crippen LogP contribution is 2.32. The second kappa shape index (κ2) is 12.0. The lowest BCUT2D eigenvalue weighted by atomic mass is 9.87. The Kier molecular flexibility index (Phi) is 9.64. The van der Waals surface area contributed by atoms with Crippen molar-refractivity contribution >= 4 is 0 Å². The number of halogens is 2. The predicted molar refractivity (Wildman–Crippen MR) is 129 cm³/mol. The zero-order chi connectivity index (χ0) is 23.0. The Bertz CT molecular complexity index is 837. The van der Waals surface area contributed by atoms with Crippen LogP contribution in [0.4, 0.5) is 8.78 Å². The minimum atomic E-state index is -0.545. The van der Waals surface area contributed by atoms with Gasteiger partial charge in [0, 0.05) is 36.7 Å². The minimum absolute atomic E-state index is 0.447. The summed E-state index contributed by atoms with van der Waals surface area (Å²) < 4.78 is 27.1. The van der Waals surface area contributed by atoms with E-state index < -0.39 is 11.6 Å². The van der Waals surface area contributed by atoms with Gasteiger partial charge in [-0.25, -0.2) is 8.78 Å². The summed E-state index contributed by atoms with van der Waals surface area (Å²) in [6.45, 7) is 19.0. The smallest absolute Gasteiger partial charge is 0.133 e. The van der Waals surface area contributed by atoms with Crippen molar-refractivity contribution in [2.24, 2.45) is 5.92 Å². The van der Waals surface area contributed by atoms with E-state index in [9.17, 15) is 8.78 Å². The average Bonchev–Trinajstić information content (AvgIpc) is 2.72. The van der Waals surface area contributed by atoms with Crippen LogP contribution in [-0.4, -0.2) is 24.0 Å². The van der Waals surface area contributed by atoms with Gasteiger partial charge in [0.15, 0.2) is 0 Å². The molecule has 168 valence electrons. The van der Waals surface area contributed by atoms with Gasteiger partial charge in [-0.3, -0.25) is 4.90 Å². The van der Waals surface area contributed by atoms with Gasteiger partial charge in [-0.05, 0) is 68.7 Å². The first-order valence-electron chi connectivity index (χ1n) is 11.3. The molecule has 2 atom stereocenters. The van der Waals surface area contributed by atoms with Crippen molar-refractivity contribution in [3.05, 3.63) is 85.0 Å². The van der Waals surface area contributed by atoms with Gasteiger partial charge in [-0.2, -0.15) is 0 Å². The molecule has 0 spiro atoms. The summed E-state index contributed by atoms with van der Waals surface area (Å²) in [5.74, 6) is 0.242. The van der Waals surface area contributed by atoms with Crippen molar-refractivity contribution < 1.29 is 8.78 Å². The second-order valence-electron chi connectivity index (χ2n) is 8.92. The van der Waals surface area contributed by atoms with Crippen LogP contribution in [0.1, 0.15) is 57.9 Å². The van der Waals surface area contributed by atoms with Crippen LogP contribution in [-0.2, 0) is 0 Å². The zero-order valence-corrected chi connectivity index (χ0v) is 19.3. The Labute approximate surface area is 187 Å². The van der Waals surface area contributed by atoms with Crippen molar-refractivity contribution in [2.75, 3.05) is 13.1 Å². The van der Waals surface area contributed by atoms with E-state index in [1.54, 1.807) is 0 Å². The molecule has 0 amide bonds. The fourth-order valence-corrected chi connectivity index (χ4v) is 4.09. The molecule has 2 aromatic rings. The normalized spacial score (nSPS) is 16.0. The van der Waals surface area contributed by atoms with Gasteiger partial charge in [0.25, 0.3) is 0 Å². The maximum atomic E-state index is 14.0. The molecule has 3 heteroatoms. The number of hydrogen-bond acceptors (Lipinski definition) is 1.